The Bertz CT molecular complexity index is 1230. The van der Waals surface area contributed by atoms with Crippen molar-refractivity contribution >= 4 is 17.5 Å². The molecule has 3 aromatic rings. The number of carbonyl (C=O) groups excluding carboxylic acids is 1. The fourth-order valence-electron chi connectivity index (χ4n) is 4.60. The zero-order valence-electron chi connectivity index (χ0n) is 23.9. The predicted octanol–water partition coefficient (Wildman–Crippen LogP) is 5.32. The van der Waals surface area contributed by atoms with Gasteiger partial charge in [-0.3, -0.25) is 4.79 Å². The van der Waals surface area contributed by atoms with E-state index in [-0.39, 0.29) is 17.5 Å². The third-order valence-corrected chi connectivity index (χ3v) is 7.40. The maximum absolute atomic E-state index is 13.0. The molecule has 1 aliphatic rings. The van der Waals surface area contributed by atoms with Crippen molar-refractivity contribution in [3.05, 3.63) is 82.4 Å². The number of nitrogens with one attached hydrogen (secondary N) is 2. The first-order valence-corrected chi connectivity index (χ1v) is 14.5. The highest BCUT2D eigenvalue weighted by Gasteiger charge is 2.20. The zero-order valence-corrected chi connectivity index (χ0v) is 24.7. The van der Waals surface area contributed by atoms with Gasteiger partial charge in [-0.15, -0.1) is 0 Å². The molecule has 0 aliphatic carbocycles. The van der Waals surface area contributed by atoms with Crippen LogP contribution >= 0.6 is 11.6 Å². The first-order valence-electron chi connectivity index (χ1n) is 14.1. The van der Waals surface area contributed by atoms with Crippen LogP contribution < -0.4 is 29.6 Å². The summed E-state index contributed by atoms with van der Waals surface area (Å²) < 4.78 is 22.7. The minimum atomic E-state index is -0.247. The van der Waals surface area contributed by atoms with Crippen molar-refractivity contribution in [2.24, 2.45) is 0 Å². The molecule has 0 bridgehead atoms. The Morgan fingerprint density at radius 2 is 1.41 bits per heavy atom. The second kappa shape index (κ2) is 16.1. The number of ether oxygens (including phenoxy) is 4. The maximum atomic E-state index is 13.0. The molecule has 8 nitrogen and oxygen atoms in total. The van der Waals surface area contributed by atoms with Crippen LogP contribution in [0.4, 0.5) is 0 Å². The fraction of sp³-hybridized carbons (Fsp3) is 0.406. The standard InChI is InChI=1S/C32H40ClN3O5/c1-38-26-10-6-24(7-11-26)22-40-29-15-14-28(30(33)31(29)41-23-25-8-12-27(39-2)13-9-25)32(37)35-17-5-16-34-18-21-36-19-3-4-20-36/h6-15,34H,3-5,16-23H2,1-2H3,(H,35,37). The third kappa shape index (κ3) is 9.28. The monoisotopic (exact) mass is 581 g/mol. The van der Waals surface area contributed by atoms with Crippen LogP contribution in [0.5, 0.6) is 23.0 Å². The summed E-state index contributed by atoms with van der Waals surface area (Å²) in [6.07, 6.45) is 3.43. The maximum Gasteiger partial charge on any atom is 0.252 e. The van der Waals surface area contributed by atoms with Gasteiger partial charge in [0.05, 0.1) is 24.8 Å². The Kier molecular flexibility index (Phi) is 12.0. The molecular weight excluding hydrogens is 542 g/mol. The summed E-state index contributed by atoms with van der Waals surface area (Å²) >= 11 is 6.77. The minimum absolute atomic E-state index is 0.215. The highest BCUT2D eigenvalue weighted by Crippen LogP contribution is 2.39. The fourth-order valence-corrected chi connectivity index (χ4v) is 4.90. The van der Waals surface area contributed by atoms with Crippen molar-refractivity contribution in [1.29, 1.82) is 0 Å². The molecule has 2 N–H and O–H groups in total. The number of carbonyl (C=O) groups is 1. The molecule has 3 aromatic carbocycles. The van der Waals surface area contributed by atoms with Crippen LogP contribution in [0.15, 0.2) is 60.7 Å². The molecule has 0 saturated carbocycles. The van der Waals surface area contributed by atoms with Crippen LogP contribution in [0.3, 0.4) is 0 Å². The highest BCUT2D eigenvalue weighted by atomic mass is 35.5. The number of amides is 1. The second-order valence-corrected chi connectivity index (χ2v) is 10.3. The van der Waals surface area contributed by atoms with Gasteiger partial charge in [0.1, 0.15) is 24.7 Å². The van der Waals surface area contributed by atoms with E-state index >= 15 is 0 Å². The van der Waals surface area contributed by atoms with Gasteiger partial charge in [-0.2, -0.15) is 0 Å². The summed E-state index contributed by atoms with van der Waals surface area (Å²) in [4.78, 5) is 15.5. The molecule has 0 spiro atoms. The van der Waals surface area contributed by atoms with E-state index in [9.17, 15) is 4.79 Å². The summed E-state index contributed by atoms with van der Waals surface area (Å²) in [7, 11) is 3.26. The lowest BCUT2D eigenvalue weighted by Crippen LogP contribution is -2.32. The lowest BCUT2D eigenvalue weighted by atomic mass is 10.1. The van der Waals surface area contributed by atoms with Gasteiger partial charge in [0.15, 0.2) is 11.5 Å². The number of hydrogen-bond acceptors (Lipinski definition) is 7. The molecule has 1 amide bonds. The summed E-state index contributed by atoms with van der Waals surface area (Å²) in [6, 6.07) is 18.6. The average molecular weight is 582 g/mol. The van der Waals surface area contributed by atoms with Gasteiger partial charge in [-0.25, -0.2) is 0 Å². The molecule has 220 valence electrons. The number of hydrogen-bond donors (Lipinski definition) is 2. The minimum Gasteiger partial charge on any atom is -0.497 e. The molecule has 1 aliphatic heterocycles. The molecular formula is C32H40ClN3O5. The van der Waals surface area contributed by atoms with E-state index in [1.54, 1.807) is 26.4 Å². The van der Waals surface area contributed by atoms with Crippen molar-refractivity contribution in [2.45, 2.75) is 32.5 Å². The lowest BCUT2D eigenvalue weighted by Gasteiger charge is -2.17. The molecule has 1 heterocycles. The Morgan fingerprint density at radius 3 is 2.02 bits per heavy atom. The van der Waals surface area contributed by atoms with Crippen LogP contribution in [-0.2, 0) is 13.2 Å². The molecule has 41 heavy (non-hydrogen) atoms. The summed E-state index contributed by atoms with van der Waals surface area (Å²) in [5.41, 5.74) is 2.23. The van der Waals surface area contributed by atoms with Crippen LogP contribution in [0.1, 0.15) is 40.7 Å². The second-order valence-electron chi connectivity index (χ2n) is 9.94. The van der Waals surface area contributed by atoms with Gasteiger partial charge in [0.25, 0.3) is 5.91 Å². The Labute approximate surface area is 247 Å². The first-order chi connectivity index (χ1) is 20.1. The first kappa shape index (κ1) is 30.5. The number of halogens is 1. The molecule has 1 saturated heterocycles. The molecule has 9 heteroatoms. The summed E-state index contributed by atoms with van der Waals surface area (Å²) in [5.74, 6) is 2.07. The molecule has 1 fully saturated rings. The van der Waals surface area contributed by atoms with E-state index in [0.29, 0.717) is 30.2 Å². The van der Waals surface area contributed by atoms with Gasteiger partial charge in [0.2, 0.25) is 0 Å². The van der Waals surface area contributed by atoms with E-state index in [2.05, 4.69) is 15.5 Å². The van der Waals surface area contributed by atoms with E-state index in [4.69, 9.17) is 30.5 Å². The quantitative estimate of drug-likeness (QED) is 0.222. The highest BCUT2D eigenvalue weighted by molar-refractivity contribution is 6.35. The van der Waals surface area contributed by atoms with Gasteiger partial charge in [0, 0.05) is 19.6 Å². The lowest BCUT2D eigenvalue weighted by molar-refractivity contribution is 0.0952. The van der Waals surface area contributed by atoms with E-state index in [1.807, 2.05) is 48.5 Å². The molecule has 4 rings (SSSR count). The molecule has 0 atom stereocenters. The Hall–Kier alpha value is -3.46. The normalized spacial score (nSPS) is 13.1. The van der Waals surface area contributed by atoms with Gasteiger partial charge < -0.3 is 34.5 Å². The Morgan fingerprint density at radius 1 is 0.805 bits per heavy atom. The van der Waals surface area contributed by atoms with Crippen LogP contribution in [0.2, 0.25) is 5.02 Å². The Balaban J connectivity index is 1.36. The number of methoxy groups -OCH3 is 2. The van der Waals surface area contributed by atoms with Gasteiger partial charge in [-0.05, 0) is 86.4 Å². The van der Waals surface area contributed by atoms with Crippen molar-refractivity contribution in [2.75, 3.05) is 53.5 Å². The number of nitrogens with zero attached hydrogens (tertiary/aromatic N) is 1. The van der Waals surface area contributed by atoms with Gasteiger partial charge in [-0.1, -0.05) is 35.9 Å². The van der Waals surface area contributed by atoms with Crippen molar-refractivity contribution in [3.8, 4) is 23.0 Å². The van der Waals surface area contributed by atoms with E-state index in [1.165, 1.54) is 25.9 Å². The van der Waals surface area contributed by atoms with Crippen LogP contribution in [0, 0.1) is 0 Å². The summed E-state index contributed by atoms with van der Waals surface area (Å²) in [5, 5.41) is 6.65. The van der Waals surface area contributed by atoms with Crippen molar-refractivity contribution in [1.82, 2.24) is 15.5 Å². The molecule has 0 aromatic heterocycles. The zero-order chi connectivity index (χ0) is 28.9. The largest absolute Gasteiger partial charge is 0.497 e. The van der Waals surface area contributed by atoms with Crippen molar-refractivity contribution in [3.63, 3.8) is 0 Å². The van der Waals surface area contributed by atoms with E-state index < -0.39 is 0 Å². The van der Waals surface area contributed by atoms with Gasteiger partial charge >= 0.3 is 0 Å². The van der Waals surface area contributed by atoms with E-state index in [0.717, 1.165) is 48.7 Å². The number of benzene rings is 3. The number of likely N-dealkylation sites (tertiary alicyclic amines) is 1. The predicted molar refractivity (Wildman–Crippen MR) is 162 cm³/mol. The van der Waals surface area contributed by atoms with Crippen LogP contribution in [0.25, 0.3) is 0 Å². The summed E-state index contributed by atoms with van der Waals surface area (Å²) in [6.45, 7) is 6.39. The SMILES string of the molecule is COc1ccc(COc2ccc(C(=O)NCCCNCCN3CCCC3)c(Cl)c2OCc2ccc(OC)cc2)cc1. The molecule has 0 radical (unpaired) electrons. The smallest absolute Gasteiger partial charge is 0.252 e. The number of rotatable bonds is 16. The van der Waals surface area contributed by atoms with Crippen LogP contribution in [-0.4, -0.2) is 64.3 Å². The van der Waals surface area contributed by atoms with Crippen molar-refractivity contribution < 1.29 is 23.7 Å². The third-order valence-electron chi connectivity index (χ3n) is 7.02. The molecule has 0 unspecified atom stereocenters. The average Bonchev–Trinajstić information content (AvgIpc) is 3.53. The topological polar surface area (TPSA) is 81.3 Å².